The van der Waals surface area contributed by atoms with E-state index in [1.165, 1.54) is 6.20 Å². The van der Waals surface area contributed by atoms with Crippen molar-refractivity contribution < 1.29 is 4.79 Å². The van der Waals surface area contributed by atoms with Crippen molar-refractivity contribution in [2.75, 3.05) is 6.54 Å². The molecular formula is C13H15N5O. The second-order valence-corrected chi connectivity index (χ2v) is 4.71. The molecule has 3 heterocycles. The van der Waals surface area contributed by atoms with Gasteiger partial charge in [0.25, 0.3) is 5.91 Å². The SMILES string of the molecule is Cc1cn[nH]c1[C@@H]1CCCN1C(=O)c1cnccn1. The second-order valence-electron chi connectivity index (χ2n) is 4.71. The Morgan fingerprint density at radius 2 is 2.32 bits per heavy atom. The predicted octanol–water partition coefficient (Wildman–Crippen LogP) is 1.49. The highest BCUT2D eigenvalue weighted by atomic mass is 16.2. The molecule has 3 rings (SSSR count). The van der Waals surface area contributed by atoms with E-state index in [9.17, 15) is 4.79 Å². The van der Waals surface area contributed by atoms with Gasteiger partial charge in [-0.1, -0.05) is 0 Å². The van der Waals surface area contributed by atoms with E-state index in [0.717, 1.165) is 30.6 Å². The lowest BCUT2D eigenvalue weighted by atomic mass is 10.1. The summed E-state index contributed by atoms with van der Waals surface area (Å²) in [5, 5.41) is 7.05. The van der Waals surface area contributed by atoms with Crippen molar-refractivity contribution in [2.45, 2.75) is 25.8 Å². The Balaban J connectivity index is 1.88. The predicted molar refractivity (Wildman–Crippen MR) is 68.4 cm³/mol. The van der Waals surface area contributed by atoms with Gasteiger partial charge >= 0.3 is 0 Å². The number of hydrogen-bond acceptors (Lipinski definition) is 4. The van der Waals surface area contributed by atoms with E-state index >= 15 is 0 Å². The average Bonchev–Trinajstić information content (AvgIpc) is 3.07. The second kappa shape index (κ2) is 4.79. The maximum atomic E-state index is 12.5. The van der Waals surface area contributed by atoms with Crippen molar-refractivity contribution in [3.63, 3.8) is 0 Å². The van der Waals surface area contributed by atoms with Gasteiger partial charge in [0.15, 0.2) is 0 Å². The third kappa shape index (κ3) is 2.09. The van der Waals surface area contributed by atoms with Crippen LogP contribution in [0.1, 0.15) is 40.6 Å². The molecule has 0 aromatic carbocycles. The average molecular weight is 257 g/mol. The Hall–Kier alpha value is -2.24. The molecule has 6 heteroatoms. The molecule has 0 radical (unpaired) electrons. The first kappa shape index (κ1) is 11.8. The Labute approximate surface area is 110 Å². The lowest BCUT2D eigenvalue weighted by Gasteiger charge is -2.23. The molecule has 19 heavy (non-hydrogen) atoms. The Morgan fingerprint density at radius 3 is 3.00 bits per heavy atom. The topological polar surface area (TPSA) is 74.8 Å². The molecule has 0 saturated carbocycles. The molecule has 2 aromatic rings. The van der Waals surface area contributed by atoms with Gasteiger partial charge in [0.1, 0.15) is 5.69 Å². The maximum Gasteiger partial charge on any atom is 0.274 e. The molecule has 0 spiro atoms. The molecular weight excluding hydrogens is 242 g/mol. The highest BCUT2D eigenvalue weighted by molar-refractivity contribution is 5.92. The van der Waals surface area contributed by atoms with Crippen molar-refractivity contribution >= 4 is 5.91 Å². The molecule has 1 fully saturated rings. The molecule has 0 bridgehead atoms. The molecule has 1 saturated heterocycles. The Kier molecular flexibility index (Phi) is 2.98. The number of nitrogens with zero attached hydrogens (tertiary/aromatic N) is 4. The van der Waals surface area contributed by atoms with Crippen LogP contribution in [0.25, 0.3) is 0 Å². The normalized spacial score (nSPS) is 18.8. The number of nitrogens with one attached hydrogen (secondary N) is 1. The van der Waals surface area contributed by atoms with Crippen molar-refractivity contribution in [1.29, 1.82) is 0 Å². The summed E-state index contributed by atoms with van der Waals surface area (Å²) in [6.07, 6.45) is 8.36. The van der Waals surface area contributed by atoms with Crippen LogP contribution >= 0.6 is 0 Å². The molecule has 0 aliphatic carbocycles. The van der Waals surface area contributed by atoms with Crippen LogP contribution < -0.4 is 0 Å². The summed E-state index contributed by atoms with van der Waals surface area (Å²) in [6, 6.07) is 0.0667. The number of aryl methyl sites for hydroxylation is 1. The third-order valence-electron chi connectivity index (χ3n) is 3.50. The van der Waals surface area contributed by atoms with Gasteiger partial charge in [-0.25, -0.2) is 4.98 Å². The monoisotopic (exact) mass is 257 g/mol. The number of carbonyl (C=O) groups excluding carboxylic acids is 1. The summed E-state index contributed by atoms with van der Waals surface area (Å²) < 4.78 is 0. The van der Waals surface area contributed by atoms with E-state index in [4.69, 9.17) is 0 Å². The number of hydrogen-bond donors (Lipinski definition) is 1. The lowest BCUT2D eigenvalue weighted by Crippen LogP contribution is -2.31. The van der Waals surface area contributed by atoms with Crippen molar-refractivity contribution in [3.8, 4) is 0 Å². The molecule has 1 aliphatic heterocycles. The van der Waals surface area contributed by atoms with Gasteiger partial charge in [0.05, 0.1) is 24.1 Å². The zero-order chi connectivity index (χ0) is 13.2. The molecule has 98 valence electrons. The minimum Gasteiger partial charge on any atom is -0.329 e. The first-order chi connectivity index (χ1) is 9.27. The molecule has 1 aliphatic rings. The number of aromatic nitrogens is 4. The van der Waals surface area contributed by atoms with Gasteiger partial charge in [0, 0.05) is 18.9 Å². The van der Waals surface area contributed by atoms with E-state index in [1.807, 2.05) is 11.8 Å². The molecule has 1 atom stereocenters. The number of amides is 1. The number of rotatable bonds is 2. The van der Waals surface area contributed by atoms with Crippen LogP contribution in [-0.4, -0.2) is 37.5 Å². The van der Waals surface area contributed by atoms with Crippen molar-refractivity contribution in [1.82, 2.24) is 25.1 Å². The zero-order valence-electron chi connectivity index (χ0n) is 10.7. The van der Waals surface area contributed by atoms with Crippen molar-refractivity contribution in [2.24, 2.45) is 0 Å². The van der Waals surface area contributed by atoms with Crippen LogP contribution in [0.4, 0.5) is 0 Å². The van der Waals surface area contributed by atoms with Crippen LogP contribution in [-0.2, 0) is 0 Å². The smallest absolute Gasteiger partial charge is 0.274 e. The summed E-state index contributed by atoms with van der Waals surface area (Å²) in [4.78, 5) is 22.3. The summed E-state index contributed by atoms with van der Waals surface area (Å²) in [6.45, 7) is 2.75. The van der Waals surface area contributed by atoms with Gasteiger partial charge < -0.3 is 4.90 Å². The van der Waals surface area contributed by atoms with E-state index < -0.39 is 0 Å². The zero-order valence-corrected chi connectivity index (χ0v) is 10.7. The fourth-order valence-electron chi connectivity index (χ4n) is 2.56. The lowest BCUT2D eigenvalue weighted by molar-refractivity contribution is 0.0726. The van der Waals surface area contributed by atoms with Crippen LogP contribution in [0.3, 0.4) is 0 Å². The van der Waals surface area contributed by atoms with Gasteiger partial charge in [-0.15, -0.1) is 0 Å². The summed E-state index contributed by atoms with van der Waals surface area (Å²) in [7, 11) is 0. The van der Waals surface area contributed by atoms with E-state index in [0.29, 0.717) is 5.69 Å². The molecule has 1 N–H and O–H groups in total. The first-order valence-electron chi connectivity index (χ1n) is 6.34. The summed E-state index contributed by atoms with van der Waals surface area (Å²) in [5.41, 5.74) is 2.50. The molecule has 1 amide bonds. The quantitative estimate of drug-likeness (QED) is 0.884. The molecule has 0 unspecified atom stereocenters. The van der Waals surface area contributed by atoms with Crippen molar-refractivity contribution in [3.05, 3.63) is 41.7 Å². The summed E-state index contributed by atoms with van der Waals surface area (Å²) in [5.74, 6) is -0.0652. The van der Waals surface area contributed by atoms with E-state index in [2.05, 4.69) is 20.2 Å². The number of aromatic amines is 1. The highest BCUT2D eigenvalue weighted by Gasteiger charge is 2.32. The van der Waals surface area contributed by atoms with Gasteiger partial charge in [-0.2, -0.15) is 5.10 Å². The fourth-order valence-corrected chi connectivity index (χ4v) is 2.56. The fraction of sp³-hybridized carbons (Fsp3) is 0.385. The van der Waals surface area contributed by atoms with Crippen LogP contribution in [0.15, 0.2) is 24.8 Å². The minimum absolute atomic E-state index is 0.0652. The van der Waals surface area contributed by atoms with E-state index in [-0.39, 0.29) is 11.9 Å². The van der Waals surface area contributed by atoms with Gasteiger partial charge in [-0.3, -0.25) is 14.9 Å². The van der Waals surface area contributed by atoms with Gasteiger partial charge in [0.2, 0.25) is 0 Å². The maximum absolute atomic E-state index is 12.5. The van der Waals surface area contributed by atoms with Crippen LogP contribution in [0.2, 0.25) is 0 Å². The molecule has 6 nitrogen and oxygen atoms in total. The van der Waals surface area contributed by atoms with Crippen LogP contribution in [0.5, 0.6) is 0 Å². The standard InChI is InChI=1S/C13H15N5O/c1-9-7-16-17-12(9)11-3-2-6-18(11)13(19)10-8-14-4-5-15-10/h4-5,7-8,11H,2-3,6H2,1H3,(H,16,17)/t11-/m0/s1. The first-order valence-corrected chi connectivity index (χ1v) is 6.34. The number of likely N-dealkylation sites (tertiary alicyclic amines) is 1. The van der Waals surface area contributed by atoms with Crippen LogP contribution in [0, 0.1) is 6.92 Å². The number of H-pyrrole nitrogens is 1. The third-order valence-corrected chi connectivity index (χ3v) is 3.50. The highest BCUT2D eigenvalue weighted by Crippen LogP contribution is 2.33. The van der Waals surface area contributed by atoms with Gasteiger partial charge in [-0.05, 0) is 25.3 Å². The Bertz CT molecular complexity index is 580. The van der Waals surface area contributed by atoms with E-state index in [1.54, 1.807) is 18.6 Å². The molecule has 2 aromatic heterocycles. The largest absolute Gasteiger partial charge is 0.329 e. The Morgan fingerprint density at radius 1 is 1.42 bits per heavy atom. The summed E-state index contributed by atoms with van der Waals surface area (Å²) >= 11 is 0. The number of carbonyl (C=O) groups is 1. The minimum atomic E-state index is -0.0652.